The van der Waals surface area contributed by atoms with Crippen LogP contribution in [-0.2, 0) is 33.4 Å². The fourth-order valence-corrected chi connectivity index (χ4v) is 13.1. The minimum absolute atomic E-state index is 0.00547. The zero-order valence-corrected chi connectivity index (χ0v) is 45.3. The zero-order valence-electron chi connectivity index (χ0n) is 43.7. The van der Waals surface area contributed by atoms with E-state index >= 15 is 0 Å². The second-order valence-electron chi connectivity index (χ2n) is 20.0. The van der Waals surface area contributed by atoms with Crippen molar-refractivity contribution in [2.24, 2.45) is 39.0 Å². The number of anilines is 1. The number of Topliss-reactive ketones (excluding diaryl/α,β-unsaturated/α-hetero) is 5. The first-order chi connectivity index (χ1) is 35.7. The van der Waals surface area contributed by atoms with Gasteiger partial charge in [-0.2, -0.15) is 23.5 Å². The van der Waals surface area contributed by atoms with Gasteiger partial charge in [-0.05, 0) is 76.5 Å². The number of fused-ring (bicyclic) bond motifs is 2. The number of hydrogen-bond acceptors (Lipinski definition) is 19. The van der Waals surface area contributed by atoms with E-state index in [0.29, 0.717) is 142 Å². The minimum atomic E-state index is -0.553. The van der Waals surface area contributed by atoms with Crippen molar-refractivity contribution in [1.82, 2.24) is 16.0 Å². The Bertz CT molecular complexity index is 2090. The number of ether oxygens (including phenoxy) is 3. The van der Waals surface area contributed by atoms with Gasteiger partial charge in [0.05, 0.1) is 63.6 Å². The maximum atomic E-state index is 13.7. The lowest BCUT2D eigenvalue weighted by molar-refractivity contribution is -0.147. The molecular weight excluding hydrogens is 987 g/mol. The van der Waals surface area contributed by atoms with E-state index in [1.807, 2.05) is 23.5 Å². The first-order valence-electron chi connectivity index (χ1n) is 26.9. The Hall–Kier alpha value is -4.57. The van der Waals surface area contributed by atoms with Gasteiger partial charge >= 0.3 is 12.0 Å². The number of carbonyl (C=O) groups is 7. The van der Waals surface area contributed by atoms with Gasteiger partial charge in [-0.15, -0.1) is 0 Å². The monoisotopic (exact) mass is 1070 g/mol. The van der Waals surface area contributed by atoms with Crippen molar-refractivity contribution in [2.75, 3.05) is 63.4 Å². The summed E-state index contributed by atoms with van der Waals surface area (Å²) < 4.78 is 15.8. The van der Waals surface area contributed by atoms with Crippen LogP contribution < -0.4 is 38.5 Å². The highest BCUT2D eigenvalue weighted by atomic mass is 32.2. The molecule has 0 unspecified atom stereocenters. The van der Waals surface area contributed by atoms with Crippen molar-refractivity contribution in [3.63, 3.8) is 0 Å². The topological polar surface area (TPSA) is 298 Å². The van der Waals surface area contributed by atoms with Gasteiger partial charge in [0.2, 0.25) is 0 Å². The highest BCUT2D eigenvalue weighted by Crippen LogP contribution is 2.36. The van der Waals surface area contributed by atoms with Crippen LogP contribution in [0.15, 0.2) is 28.2 Å². The summed E-state index contributed by atoms with van der Waals surface area (Å²) in [6, 6.07) is 5.16. The zero-order chi connectivity index (χ0) is 53.2. The number of ketones is 5. The van der Waals surface area contributed by atoms with Crippen molar-refractivity contribution in [2.45, 2.75) is 170 Å². The molecule has 4 aliphatic rings. The average Bonchev–Trinajstić information content (AvgIpc) is 4.15. The molecule has 2 saturated heterocycles. The van der Waals surface area contributed by atoms with E-state index in [-0.39, 0.29) is 85.8 Å². The summed E-state index contributed by atoms with van der Waals surface area (Å²) in [6.07, 6.45) is 11.5. The van der Waals surface area contributed by atoms with E-state index in [4.69, 9.17) is 31.4 Å². The molecular formula is C53H83N9O10S2. The van der Waals surface area contributed by atoms with Gasteiger partial charge in [0.1, 0.15) is 17.3 Å². The summed E-state index contributed by atoms with van der Waals surface area (Å²) in [4.78, 5) is 100. The van der Waals surface area contributed by atoms with Crippen molar-refractivity contribution < 1.29 is 47.8 Å². The van der Waals surface area contributed by atoms with E-state index < -0.39 is 17.9 Å². The molecule has 1 aromatic rings. The predicted molar refractivity (Wildman–Crippen MR) is 292 cm³/mol. The number of thioether (sulfide) groups is 2. The minimum Gasteiger partial charge on any atom is -0.469 e. The van der Waals surface area contributed by atoms with Crippen molar-refractivity contribution in [3.05, 3.63) is 29.3 Å². The van der Waals surface area contributed by atoms with E-state index in [0.717, 1.165) is 50.0 Å². The lowest BCUT2D eigenvalue weighted by Gasteiger charge is -2.15. The average molecular weight is 1070 g/mol. The molecule has 0 spiro atoms. The summed E-state index contributed by atoms with van der Waals surface area (Å²) in [5.41, 5.74) is 18.0. The predicted octanol–water partition coefficient (Wildman–Crippen LogP) is 5.64. The third kappa shape index (κ3) is 20.9. The van der Waals surface area contributed by atoms with Gasteiger partial charge in [0.25, 0.3) is 0 Å². The van der Waals surface area contributed by atoms with Crippen LogP contribution in [0.25, 0.3) is 0 Å². The van der Waals surface area contributed by atoms with Gasteiger partial charge in [0.15, 0.2) is 23.5 Å². The number of guanidine groups is 2. The number of urea groups is 1. The molecule has 0 aliphatic carbocycles. The van der Waals surface area contributed by atoms with Crippen LogP contribution in [0.2, 0.25) is 0 Å². The Kier molecular flexibility index (Phi) is 26.7. The molecule has 5 rings (SSSR count). The first-order valence-corrected chi connectivity index (χ1v) is 29.0. The summed E-state index contributed by atoms with van der Waals surface area (Å²) >= 11 is 3.80. The van der Waals surface area contributed by atoms with Crippen LogP contribution in [0, 0.1) is 11.8 Å². The standard InChI is InChI=1S/C53H83N9O10S2/c1-34(63)35(30-40(64)15-9-11-19-46-48-42(32-73-46)59-51(55)61-48)13-5-3-7-17-44(66)37-27-38(29-39(28-37)58-53(69)57-22-24-72-26-25-71-23-21-54)45(67)18-8-4-6-14-36(50(68)70-2)31-41(65)16-10-12-20-47-49-43(33-74-47)60-52(56)62-49/h27-29,35-36,42-43,46-49H,3-26,30-33,54H2,1-2H3,(H3,55,59,61)(H3,56,60,62)(H2,57,58,69)/t35-,36-,42+,43+,46+,47+,48+,49+/m1/s1. The van der Waals surface area contributed by atoms with Crippen LogP contribution in [0.1, 0.15) is 156 Å². The van der Waals surface area contributed by atoms with Gasteiger partial charge in [-0.3, -0.25) is 28.8 Å². The summed E-state index contributed by atoms with van der Waals surface area (Å²) in [6.45, 7) is 3.59. The molecule has 1 aromatic carbocycles. The highest BCUT2D eigenvalue weighted by molar-refractivity contribution is 8.00. The number of esters is 1. The number of methoxy groups -OCH3 is 1. The lowest BCUT2D eigenvalue weighted by atomic mass is 9.90. The number of aliphatic imine (C=N–C) groups is 2. The SMILES string of the molecule is COC(=O)[C@H](CCCCCC(=O)c1cc(NC(=O)NCCOCCOCCN)cc(C(=O)CCCCC[C@H](CC(=O)CCCC[C@@H]2SC[C@@H]3NC(N)=N[C@@H]32)C(C)=O)c1)CC(=O)CCCC[C@@H]1SC[C@@H]2NC(N)=N[C@@H]21. The normalized spacial score (nSPS) is 21.3. The third-order valence-electron chi connectivity index (χ3n) is 14.2. The second-order valence-corrected chi connectivity index (χ2v) is 22.5. The number of benzene rings is 1. The number of rotatable bonds is 39. The van der Waals surface area contributed by atoms with E-state index in [2.05, 4.69) is 31.3 Å². The van der Waals surface area contributed by atoms with Crippen LogP contribution in [0.3, 0.4) is 0 Å². The number of carbonyl (C=O) groups excluding carboxylic acids is 7. The fourth-order valence-electron chi connectivity index (χ4n) is 10.1. The maximum absolute atomic E-state index is 13.7. The molecule has 412 valence electrons. The van der Waals surface area contributed by atoms with E-state index in [1.165, 1.54) is 14.0 Å². The molecule has 21 heteroatoms. The van der Waals surface area contributed by atoms with Crippen molar-refractivity contribution in [1.29, 1.82) is 0 Å². The van der Waals surface area contributed by atoms with E-state index in [9.17, 15) is 33.6 Å². The molecule has 0 bridgehead atoms. The molecule has 0 saturated carbocycles. The number of amides is 2. The van der Waals surface area contributed by atoms with Crippen molar-refractivity contribution >= 4 is 82.0 Å². The molecule has 19 nitrogen and oxygen atoms in total. The molecule has 4 aliphatic heterocycles. The molecule has 0 aromatic heterocycles. The molecule has 2 amide bonds. The Morgan fingerprint density at radius 3 is 1.68 bits per heavy atom. The smallest absolute Gasteiger partial charge is 0.319 e. The Morgan fingerprint density at radius 1 is 0.662 bits per heavy atom. The van der Waals surface area contributed by atoms with E-state index in [1.54, 1.807) is 18.2 Å². The molecule has 2 fully saturated rings. The van der Waals surface area contributed by atoms with Gasteiger partial charge in [-0.1, -0.05) is 38.5 Å². The van der Waals surface area contributed by atoms with Gasteiger partial charge in [0, 0.05) is 96.4 Å². The van der Waals surface area contributed by atoms with Crippen molar-refractivity contribution in [3.8, 4) is 0 Å². The van der Waals surface area contributed by atoms with Crippen LogP contribution in [0.4, 0.5) is 10.5 Å². The van der Waals surface area contributed by atoms with Crippen LogP contribution in [0.5, 0.6) is 0 Å². The summed E-state index contributed by atoms with van der Waals surface area (Å²) in [5, 5.41) is 12.7. The quantitative estimate of drug-likeness (QED) is 0.0238. The Labute approximate surface area is 445 Å². The second kappa shape index (κ2) is 32.8. The number of nitrogens with zero attached hydrogens (tertiary/aromatic N) is 2. The Balaban J connectivity index is 1.04. The number of nitrogens with one attached hydrogen (secondary N) is 4. The van der Waals surface area contributed by atoms with Crippen LogP contribution in [-0.4, -0.2) is 146 Å². The van der Waals surface area contributed by atoms with Crippen LogP contribution >= 0.6 is 23.5 Å². The number of unbranched alkanes of at least 4 members (excludes halogenated alkanes) is 6. The highest BCUT2D eigenvalue weighted by Gasteiger charge is 2.41. The lowest BCUT2D eigenvalue weighted by Crippen LogP contribution is -2.38. The van der Waals surface area contributed by atoms with Gasteiger partial charge < -0.3 is 52.7 Å². The first kappa shape index (κ1) is 60.3. The number of hydrogen-bond donors (Lipinski definition) is 7. The summed E-state index contributed by atoms with van der Waals surface area (Å²) in [7, 11) is 1.33. The molecule has 4 heterocycles. The number of nitrogens with two attached hydrogens (primary N) is 3. The molecule has 8 atom stereocenters. The molecule has 10 N–H and O–H groups in total. The Morgan fingerprint density at radius 2 is 1.16 bits per heavy atom. The van der Waals surface area contributed by atoms with Gasteiger partial charge in [-0.25, -0.2) is 14.8 Å². The molecule has 0 radical (unpaired) electrons. The third-order valence-corrected chi connectivity index (χ3v) is 17.2. The largest absolute Gasteiger partial charge is 0.469 e. The fraction of sp³-hybridized carbons (Fsp3) is 0.717. The summed E-state index contributed by atoms with van der Waals surface area (Å²) in [5.74, 6) is 1.41. The maximum Gasteiger partial charge on any atom is 0.319 e. The molecule has 74 heavy (non-hydrogen) atoms.